The van der Waals surface area contributed by atoms with Crippen molar-refractivity contribution in [2.75, 3.05) is 31.6 Å². The first kappa shape index (κ1) is 13.9. The number of anilines is 1. The number of hydrogen-bond acceptors (Lipinski definition) is 3. The molecule has 1 atom stereocenters. The Morgan fingerprint density at radius 2 is 2.05 bits per heavy atom. The van der Waals surface area contributed by atoms with Gasteiger partial charge in [0.05, 0.1) is 12.7 Å². The standard InChI is InChI=1S/C15H23N3O/c1-12(2)15(19)17(3)14-11-18(10-9-16-14)13-7-5-4-6-8-13/h4-8,12,14,16H,9-11H2,1-3H3. The largest absolute Gasteiger partial charge is 0.367 e. The minimum absolute atomic E-state index is 0.0406. The zero-order valence-electron chi connectivity index (χ0n) is 12.0. The van der Waals surface area contributed by atoms with E-state index in [1.165, 1.54) is 5.69 Å². The average Bonchev–Trinajstić information content (AvgIpc) is 2.46. The minimum atomic E-state index is 0.0406. The van der Waals surface area contributed by atoms with Crippen molar-refractivity contribution in [2.45, 2.75) is 20.0 Å². The molecule has 0 radical (unpaired) electrons. The van der Waals surface area contributed by atoms with Crippen molar-refractivity contribution in [3.8, 4) is 0 Å². The molecule has 1 fully saturated rings. The molecule has 4 nitrogen and oxygen atoms in total. The maximum atomic E-state index is 12.1. The summed E-state index contributed by atoms with van der Waals surface area (Å²) in [5.41, 5.74) is 1.22. The van der Waals surface area contributed by atoms with Crippen molar-refractivity contribution in [3.63, 3.8) is 0 Å². The van der Waals surface area contributed by atoms with E-state index in [1.807, 2.05) is 31.9 Å². The van der Waals surface area contributed by atoms with Crippen LogP contribution in [0.5, 0.6) is 0 Å². The van der Waals surface area contributed by atoms with E-state index in [4.69, 9.17) is 0 Å². The summed E-state index contributed by atoms with van der Waals surface area (Å²) in [6.45, 7) is 6.59. The number of nitrogens with zero attached hydrogens (tertiary/aromatic N) is 2. The Kier molecular flexibility index (Phi) is 4.43. The third kappa shape index (κ3) is 3.26. The molecule has 1 amide bonds. The Balaban J connectivity index is 2.03. The summed E-state index contributed by atoms with van der Waals surface area (Å²) in [5.74, 6) is 0.228. The molecule has 1 aliphatic rings. The van der Waals surface area contributed by atoms with Crippen molar-refractivity contribution in [1.29, 1.82) is 0 Å². The lowest BCUT2D eigenvalue weighted by atomic mass is 10.1. The van der Waals surface area contributed by atoms with Gasteiger partial charge in [-0.3, -0.25) is 10.1 Å². The molecule has 1 aromatic rings. The normalized spacial score (nSPS) is 19.6. The second-order valence-electron chi connectivity index (χ2n) is 5.36. The van der Waals surface area contributed by atoms with Gasteiger partial charge in [-0.2, -0.15) is 0 Å². The van der Waals surface area contributed by atoms with E-state index in [1.54, 1.807) is 0 Å². The highest BCUT2D eigenvalue weighted by Gasteiger charge is 2.26. The van der Waals surface area contributed by atoms with Gasteiger partial charge in [0.25, 0.3) is 0 Å². The zero-order valence-corrected chi connectivity index (χ0v) is 12.0. The van der Waals surface area contributed by atoms with Gasteiger partial charge >= 0.3 is 0 Å². The summed E-state index contributed by atoms with van der Waals surface area (Å²) >= 11 is 0. The van der Waals surface area contributed by atoms with Crippen molar-refractivity contribution >= 4 is 11.6 Å². The van der Waals surface area contributed by atoms with E-state index in [2.05, 4.69) is 34.5 Å². The van der Waals surface area contributed by atoms with Crippen LogP contribution in [0.2, 0.25) is 0 Å². The number of amides is 1. The second kappa shape index (κ2) is 6.06. The molecule has 19 heavy (non-hydrogen) atoms. The molecule has 1 N–H and O–H groups in total. The number of piperazine rings is 1. The Morgan fingerprint density at radius 3 is 2.68 bits per heavy atom. The number of carbonyl (C=O) groups excluding carboxylic acids is 1. The van der Waals surface area contributed by atoms with E-state index < -0.39 is 0 Å². The van der Waals surface area contributed by atoms with Crippen LogP contribution < -0.4 is 10.2 Å². The zero-order chi connectivity index (χ0) is 13.8. The van der Waals surface area contributed by atoms with Crippen LogP contribution in [-0.4, -0.2) is 43.7 Å². The molecule has 1 aliphatic heterocycles. The quantitative estimate of drug-likeness (QED) is 0.896. The Bertz CT molecular complexity index is 419. The van der Waals surface area contributed by atoms with Crippen molar-refractivity contribution in [3.05, 3.63) is 30.3 Å². The van der Waals surface area contributed by atoms with Gasteiger partial charge in [-0.25, -0.2) is 0 Å². The Hall–Kier alpha value is -1.55. The lowest BCUT2D eigenvalue weighted by molar-refractivity contribution is -0.135. The second-order valence-corrected chi connectivity index (χ2v) is 5.36. The highest BCUT2D eigenvalue weighted by molar-refractivity contribution is 5.78. The molecule has 0 spiro atoms. The molecule has 0 aromatic heterocycles. The fraction of sp³-hybridized carbons (Fsp3) is 0.533. The Morgan fingerprint density at radius 1 is 1.37 bits per heavy atom. The SMILES string of the molecule is CC(C)C(=O)N(C)C1CN(c2ccccc2)CCN1. The fourth-order valence-electron chi connectivity index (χ4n) is 2.42. The van der Waals surface area contributed by atoms with Crippen LogP contribution >= 0.6 is 0 Å². The first-order valence-corrected chi connectivity index (χ1v) is 6.89. The summed E-state index contributed by atoms with van der Waals surface area (Å²) in [6, 6.07) is 10.4. The van der Waals surface area contributed by atoms with Gasteiger partial charge in [-0.1, -0.05) is 32.0 Å². The van der Waals surface area contributed by atoms with Gasteiger partial charge in [0.1, 0.15) is 0 Å². The van der Waals surface area contributed by atoms with Gasteiger partial charge in [-0.15, -0.1) is 0 Å². The predicted octanol–water partition coefficient (Wildman–Crippen LogP) is 1.54. The molecule has 1 saturated heterocycles. The van der Waals surface area contributed by atoms with E-state index in [-0.39, 0.29) is 18.0 Å². The highest BCUT2D eigenvalue weighted by Crippen LogP contribution is 2.16. The summed E-state index contributed by atoms with van der Waals surface area (Å²) in [6.07, 6.45) is 0.0869. The smallest absolute Gasteiger partial charge is 0.226 e. The van der Waals surface area contributed by atoms with Gasteiger partial charge in [-0.05, 0) is 12.1 Å². The molecular weight excluding hydrogens is 238 g/mol. The fourth-order valence-corrected chi connectivity index (χ4v) is 2.42. The van der Waals surface area contributed by atoms with Gasteiger partial charge in [0.15, 0.2) is 0 Å². The number of benzene rings is 1. The van der Waals surface area contributed by atoms with Crippen molar-refractivity contribution in [2.24, 2.45) is 5.92 Å². The van der Waals surface area contributed by atoms with E-state index in [0.29, 0.717) is 0 Å². The van der Waals surface area contributed by atoms with E-state index in [9.17, 15) is 4.79 Å². The summed E-state index contributed by atoms with van der Waals surface area (Å²) in [4.78, 5) is 16.2. The molecule has 104 valence electrons. The first-order valence-electron chi connectivity index (χ1n) is 6.89. The van der Waals surface area contributed by atoms with Crippen LogP contribution in [-0.2, 0) is 4.79 Å². The van der Waals surface area contributed by atoms with Gasteiger partial charge in [0, 0.05) is 31.7 Å². The molecule has 1 aromatic carbocycles. The highest BCUT2D eigenvalue weighted by atomic mass is 16.2. The molecule has 4 heteroatoms. The molecule has 2 rings (SSSR count). The summed E-state index contributed by atoms with van der Waals surface area (Å²) < 4.78 is 0. The predicted molar refractivity (Wildman–Crippen MR) is 78.1 cm³/mol. The third-order valence-electron chi connectivity index (χ3n) is 3.59. The van der Waals surface area contributed by atoms with E-state index >= 15 is 0 Å². The summed E-state index contributed by atoms with van der Waals surface area (Å²) in [5, 5.41) is 3.42. The number of para-hydroxylation sites is 1. The minimum Gasteiger partial charge on any atom is -0.367 e. The number of carbonyl (C=O) groups is 1. The lowest BCUT2D eigenvalue weighted by Crippen LogP contribution is -2.59. The number of hydrogen-bond donors (Lipinski definition) is 1. The number of rotatable bonds is 3. The molecular formula is C15H23N3O. The molecule has 1 heterocycles. The first-order chi connectivity index (χ1) is 9.09. The topological polar surface area (TPSA) is 35.6 Å². The monoisotopic (exact) mass is 261 g/mol. The van der Waals surface area contributed by atoms with Crippen molar-refractivity contribution < 1.29 is 4.79 Å². The lowest BCUT2D eigenvalue weighted by Gasteiger charge is -2.40. The maximum absolute atomic E-state index is 12.1. The van der Waals surface area contributed by atoms with Crippen LogP contribution in [0.1, 0.15) is 13.8 Å². The van der Waals surface area contributed by atoms with Crippen LogP contribution in [0.15, 0.2) is 30.3 Å². The van der Waals surface area contributed by atoms with Gasteiger partial charge in [0.2, 0.25) is 5.91 Å². The van der Waals surface area contributed by atoms with E-state index in [0.717, 1.165) is 19.6 Å². The molecule has 0 bridgehead atoms. The number of nitrogens with one attached hydrogen (secondary N) is 1. The van der Waals surface area contributed by atoms with Crippen LogP contribution in [0, 0.1) is 5.92 Å². The average molecular weight is 261 g/mol. The van der Waals surface area contributed by atoms with Gasteiger partial charge < -0.3 is 9.80 Å². The van der Waals surface area contributed by atoms with Crippen LogP contribution in [0.3, 0.4) is 0 Å². The molecule has 0 saturated carbocycles. The summed E-state index contributed by atoms with van der Waals surface area (Å²) in [7, 11) is 1.88. The third-order valence-corrected chi connectivity index (χ3v) is 3.59. The van der Waals surface area contributed by atoms with Crippen LogP contribution in [0.4, 0.5) is 5.69 Å². The number of likely N-dealkylation sites (N-methyl/N-ethyl adjacent to an activating group) is 1. The maximum Gasteiger partial charge on any atom is 0.226 e. The molecule has 1 unspecified atom stereocenters. The van der Waals surface area contributed by atoms with Crippen LogP contribution in [0.25, 0.3) is 0 Å². The Labute approximate surface area is 115 Å². The van der Waals surface area contributed by atoms with Crippen molar-refractivity contribution in [1.82, 2.24) is 10.2 Å². The molecule has 0 aliphatic carbocycles.